The predicted octanol–water partition coefficient (Wildman–Crippen LogP) is 1.44. The van der Waals surface area contributed by atoms with Gasteiger partial charge in [-0.3, -0.25) is 19.7 Å². The van der Waals surface area contributed by atoms with E-state index in [-0.39, 0.29) is 48.6 Å². The smallest absolute Gasteiger partial charge is 0.255 e. The van der Waals surface area contributed by atoms with Crippen LogP contribution in [0.25, 0.3) is 0 Å². The number of hydrogen-bond donors (Lipinski definition) is 2. The average Bonchev–Trinajstić information content (AvgIpc) is 3.09. The normalized spacial score (nSPS) is 31.9. The van der Waals surface area contributed by atoms with E-state index in [9.17, 15) is 23.2 Å². The van der Waals surface area contributed by atoms with Gasteiger partial charge < -0.3 is 10.2 Å². The van der Waals surface area contributed by atoms with Crippen LogP contribution in [0.2, 0.25) is 0 Å². The molecular weight excluding hydrogens is 368 g/mol. The fourth-order valence-corrected chi connectivity index (χ4v) is 5.58. The van der Waals surface area contributed by atoms with E-state index in [1.54, 1.807) is 0 Å². The minimum Gasteiger partial charge on any atom is -0.322 e. The lowest BCUT2D eigenvalue weighted by Gasteiger charge is -2.33. The van der Waals surface area contributed by atoms with Crippen LogP contribution >= 0.6 is 0 Å². The van der Waals surface area contributed by atoms with Gasteiger partial charge in [0, 0.05) is 24.1 Å². The van der Waals surface area contributed by atoms with E-state index in [0.717, 1.165) is 32.0 Å². The Morgan fingerprint density at radius 3 is 2.43 bits per heavy atom. The molecule has 0 spiro atoms. The molecule has 0 radical (unpaired) electrons. The lowest BCUT2D eigenvalue weighted by atomic mass is 9.78. The van der Waals surface area contributed by atoms with Crippen LogP contribution in [0.15, 0.2) is 6.07 Å². The summed E-state index contributed by atoms with van der Waals surface area (Å²) in [6, 6.07) is 0.173. The molecule has 6 nitrogen and oxygen atoms in total. The van der Waals surface area contributed by atoms with Crippen molar-refractivity contribution in [3.8, 4) is 0 Å². The standard InChI is InChI=1S/C20H21F2N3O3/c21-13-5-11-12(8-25(20(11)28)14-3-4-15(26)24-19(14)27)17(18(13)22)16-9-1-2-10(16)7-23-6-9/h5,9-10,14,16,23H,1-4,6-8H2,(H,24,26,27). The van der Waals surface area contributed by atoms with Crippen molar-refractivity contribution in [2.75, 3.05) is 13.1 Å². The number of carbonyl (C=O) groups is 3. The number of imide groups is 1. The van der Waals surface area contributed by atoms with Crippen LogP contribution in [-0.2, 0) is 16.1 Å². The monoisotopic (exact) mass is 389 g/mol. The van der Waals surface area contributed by atoms with Gasteiger partial charge in [-0.2, -0.15) is 0 Å². The molecule has 3 amide bonds. The maximum absolute atomic E-state index is 15.0. The molecule has 4 aliphatic rings. The fraction of sp³-hybridized carbons (Fsp3) is 0.550. The van der Waals surface area contributed by atoms with Gasteiger partial charge in [0.15, 0.2) is 11.6 Å². The largest absolute Gasteiger partial charge is 0.322 e. The Labute approximate surface area is 160 Å². The highest BCUT2D eigenvalue weighted by Crippen LogP contribution is 2.49. The first-order valence-electron chi connectivity index (χ1n) is 9.82. The van der Waals surface area contributed by atoms with Crippen molar-refractivity contribution < 1.29 is 23.2 Å². The van der Waals surface area contributed by atoms with Gasteiger partial charge in [0.1, 0.15) is 6.04 Å². The quantitative estimate of drug-likeness (QED) is 0.751. The van der Waals surface area contributed by atoms with E-state index in [2.05, 4.69) is 10.6 Å². The summed E-state index contributed by atoms with van der Waals surface area (Å²) in [6.45, 7) is 1.60. The highest BCUT2D eigenvalue weighted by atomic mass is 19.2. The molecule has 1 aliphatic carbocycles. The first kappa shape index (κ1) is 17.7. The third kappa shape index (κ3) is 2.50. The second-order valence-corrected chi connectivity index (χ2v) is 8.29. The molecule has 3 fully saturated rings. The molecule has 2 saturated heterocycles. The van der Waals surface area contributed by atoms with Crippen molar-refractivity contribution in [2.24, 2.45) is 11.8 Å². The van der Waals surface area contributed by atoms with Crippen molar-refractivity contribution in [3.63, 3.8) is 0 Å². The zero-order valence-corrected chi connectivity index (χ0v) is 15.3. The van der Waals surface area contributed by atoms with Crippen LogP contribution in [0.3, 0.4) is 0 Å². The lowest BCUT2D eigenvalue weighted by Crippen LogP contribution is -2.52. The van der Waals surface area contributed by atoms with E-state index in [1.165, 1.54) is 4.90 Å². The van der Waals surface area contributed by atoms with E-state index >= 15 is 0 Å². The minimum atomic E-state index is -1.01. The molecule has 3 aliphatic heterocycles. The van der Waals surface area contributed by atoms with Crippen molar-refractivity contribution in [3.05, 3.63) is 34.4 Å². The number of carbonyl (C=O) groups excluding carboxylic acids is 3. The molecule has 3 heterocycles. The number of nitrogens with one attached hydrogen (secondary N) is 2. The van der Waals surface area contributed by atoms with Crippen molar-refractivity contribution in [1.29, 1.82) is 0 Å². The molecule has 0 aromatic heterocycles. The fourth-order valence-electron chi connectivity index (χ4n) is 5.58. The molecule has 1 aromatic rings. The molecule has 3 unspecified atom stereocenters. The molecule has 28 heavy (non-hydrogen) atoms. The van der Waals surface area contributed by atoms with Crippen LogP contribution in [0.1, 0.15) is 53.1 Å². The SMILES string of the molecule is O=C1CCC(N2Cc3c(cc(F)c(F)c3C3C4CCC3CNC4)C2=O)C(=O)N1. The summed E-state index contributed by atoms with van der Waals surface area (Å²) >= 11 is 0. The number of fused-ring (bicyclic) bond motifs is 3. The van der Waals surface area contributed by atoms with E-state index in [0.29, 0.717) is 11.1 Å². The molecule has 148 valence electrons. The van der Waals surface area contributed by atoms with Crippen molar-refractivity contribution in [2.45, 2.75) is 44.2 Å². The molecule has 2 bridgehead atoms. The average molecular weight is 389 g/mol. The third-order valence-corrected chi connectivity index (χ3v) is 6.84. The van der Waals surface area contributed by atoms with Gasteiger partial charge in [-0.1, -0.05) is 0 Å². The number of benzene rings is 1. The summed E-state index contributed by atoms with van der Waals surface area (Å²) in [5.74, 6) is -2.90. The number of piperidine rings is 2. The summed E-state index contributed by atoms with van der Waals surface area (Å²) in [5.41, 5.74) is 0.987. The number of rotatable bonds is 2. The number of hydrogen-bond acceptors (Lipinski definition) is 4. The van der Waals surface area contributed by atoms with Crippen molar-refractivity contribution in [1.82, 2.24) is 15.5 Å². The van der Waals surface area contributed by atoms with Gasteiger partial charge >= 0.3 is 0 Å². The maximum atomic E-state index is 15.0. The summed E-state index contributed by atoms with van der Waals surface area (Å²) in [6.07, 6.45) is 2.28. The summed E-state index contributed by atoms with van der Waals surface area (Å²) in [5, 5.41) is 5.60. The van der Waals surface area contributed by atoms with Gasteiger partial charge in [0.2, 0.25) is 11.8 Å². The Bertz CT molecular complexity index is 887. The van der Waals surface area contributed by atoms with E-state index < -0.39 is 29.5 Å². The van der Waals surface area contributed by atoms with Gasteiger partial charge in [-0.15, -0.1) is 0 Å². The predicted molar refractivity (Wildman–Crippen MR) is 94.2 cm³/mol. The number of nitrogens with zero attached hydrogens (tertiary/aromatic N) is 1. The second-order valence-electron chi connectivity index (χ2n) is 8.29. The maximum Gasteiger partial charge on any atom is 0.255 e. The van der Waals surface area contributed by atoms with Crippen LogP contribution < -0.4 is 10.6 Å². The Hall–Kier alpha value is -2.35. The highest BCUT2D eigenvalue weighted by Gasteiger charge is 2.46. The summed E-state index contributed by atoms with van der Waals surface area (Å²) in [7, 11) is 0. The number of halogens is 2. The van der Waals surface area contributed by atoms with Gasteiger partial charge in [0.05, 0.1) is 0 Å². The minimum absolute atomic E-state index is 0.0797. The number of amides is 3. The highest BCUT2D eigenvalue weighted by molar-refractivity contribution is 6.05. The zero-order valence-electron chi connectivity index (χ0n) is 15.3. The van der Waals surface area contributed by atoms with Crippen LogP contribution in [0.4, 0.5) is 8.78 Å². The molecule has 3 atom stereocenters. The molecule has 2 N–H and O–H groups in total. The second kappa shape index (κ2) is 6.34. The van der Waals surface area contributed by atoms with E-state index in [4.69, 9.17) is 0 Å². The van der Waals surface area contributed by atoms with Gasteiger partial charge in [-0.05, 0) is 61.7 Å². The topological polar surface area (TPSA) is 78.5 Å². The Balaban J connectivity index is 1.55. The van der Waals surface area contributed by atoms with Crippen LogP contribution in [0.5, 0.6) is 0 Å². The molecule has 8 heteroatoms. The lowest BCUT2D eigenvalue weighted by molar-refractivity contribution is -0.136. The van der Waals surface area contributed by atoms with Crippen molar-refractivity contribution >= 4 is 17.7 Å². The Morgan fingerprint density at radius 2 is 1.75 bits per heavy atom. The third-order valence-electron chi connectivity index (χ3n) is 6.84. The van der Waals surface area contributed by atoms with Gasteiger partial charge in [-0.25, -0.2) is 8.78 Å². The molecule has 1 saturated carbocycles. The Morgan fingerprint density at radius 1 is 1.04 bits per heavy atom. The van der Waals surface area contributed by atoms with Crippen LogP contribution in [0, 0.1) is 23.5 Å². The Kier molecular flexibility index (Phi) is 4.01. The molecule has 1 aromatic carbocycles. The van der Waals surface area contributed by atoms with E-state index in [1.807, 2.05) is 0 Å². The first-order valence-corrected chi connectivity index (χ1v) is 9.82. The van der Waals surface area contributed by atoms with Gasteiger partial charge in [0.25, 0.3) is 5.91 Å². The summed E-state index contributed by atoms with van der Waals surface area (Å²) in [4.78, 5) is 38.0. The van der Waals surface area contributed by atoms with Crippen LogP contribution in [-0.4, -0.2) is 41.8 Å². The molecule has 5 rings (SSSR count). The summed E-state index contributed by atoms with van der Waals surface area (Å²) < 4.78 is 29.4. The zero-order chi connectivity index (χ0) is 19.6. The first-order chi connectivity index (χ1) is 13.5. The molecular formula is C20H21F2N3O3.